The molecule has 0 saturated carbocycles. The Balaban J connectivity index is 1.91. The fourth-order valence-corrected chi connectivity index (χ4v) is 2.20. The van der Waals surface area contributed by atoms with Crippen LogP contribution in [0.25, 0.3) is 0 Å². The third-order valence-electron chi connectivity index (χ3n) is 3.28. The molecule has 0 amide bonds. The minimum Gasteiger partial charge on any atom is -0.478 e. The number of rotatable bonds is 5. The minimum atomic E-state index is -0.977. The first kappa shape index (κ1) is 14.7. The van der Waals surface area contributed by atoms with Gasteiger partial charge in [0.1, 0.15) is 5.75 Å². The van der Waals surface area contributed by atoms with Crippen molar-refractivity contribution in [1.82, 2.24) is 0 Å². The average molecular weight is 305 g/mol. The largest absolute Gasteiger partial charge is 0.478 e. The lowest BCUT2D eigenvalue weighted by atomic mass is 10.1. The summed E-state index contributed by atoms with van der Waals surface area (Å²) in [4.78, 5) is 11.3. The Morgan fingerprint density at radius 2 is 1.39 bits per heavy atom. The van der Waals surface area contributed by atoms with E-state index in [-0.39, 0.29) is 5.56 Å². The molecule has 0 bridgehead atoms. The number of carboxylic acids is 1. The lowest BCUT2D eigenvalue weighted by molar-refractivity contribution is 0.0698. The molecule has 0 radical (unpaired) electrons. The van der Waals surface area contributed by atoms with Crippen LogP contribution in [0.1, 0.15) is 10.4 Å². The van der Waals surface area contributed by atoms with Gasteiger partial charge >= 0.3 is 5.97 Å². The van der Waals surface area contributed by atoms with Crippen molar-refractivity contribution in [3.63, 3.8) is 0 Å². The molecule has 0 saturated heterocycles. The summed E-state index contributed by atoms with van der Waals surface area (Å²) < 4.78 is 5.87. The number of hydrogen-bond donors (Lipinski definition) is 2. The number of carbonyl (C=O) groups is 1. The summed E-state index contributed by atoms with van der Waals surface area (Å²) in [5.74, 6) is 0.363. The molecule has 3 rings (SSSR count). The standard InChI is InChI=1S/C19H15NO3/c21-19(22)15-10-4-5-11-16(15)20-17-12-6-7-13-18(17)23-14-8-2-1-3-9-14/h1-13,20H,(H,21,22). The van der Waals surface area contributed by atoms with E-state index in [1.165, 1.54) is 0 Å². The number of para-hydroxylation sites is 4. The van der Waals surface area contributed by atoms with E-state index >= 15 is 0 Å². The number of anilines is 2. The highest BCUT2D eigenvalue weighted by Crippen LogP contribution is 2.32. The van der Waals surface area contributed by atoms with Gasteiger partial charge in [-0.25, -0.2) is 4.79 Å². The summed E-state index contributed by atoms with van der Waals surface area (Å²) in [5, 5.41) is 12.4. The Labute approximate surface area is 134 Å². The van der Waals surface area contributed by atoms with Crippen molar-refractivity contribution in [3.8, 4) is 11.5 Å². The Bertz CT molecular complexity index is 816. The van der Waals surface area contributed by atoms with Gasteiger partial charge in [-0.05, 0) is 36.4 Å². The van der Waals surface area contributed by atoms with Crippen molar-refractivity contribution < 1.29 is 14.6 Å². The van der Waals surface area contributed by atoms with Gasteiger partial charge in [-0.15, -0.1) is 0 Å². The van der Waals surface area contributed by atoms with Gasteiger partial charge in [-0.2, -0.15) is 0 Å². The fourth-order valence-electron chi connectivity index (χ4n) is 2.20. The molecule has 0 aliphatic heterocycles. The first-order chi connectivity index (χ1) is 11.2. The number of hydrogen-bond acceptors (Lipinski definition) is 3. The van der Waals surface area contributed by atoms with Gasteiger partial charge in [-0.1, -0.05) is 42.5 Å². The van der Waals surface area contributed by atoms with Crippen molar-refractivity contribution >= 4 is 17.3 Å². The lowest BCUT2D eigenvalue weighted by Crippen LogP contribution is -2.03. The molecule has 0 unspecified atom stereocenters. The van der Waals surface area contributed by atoms with Gasteiger partial charge in [-0.3, -0.25) is 0 Å². The van der Waals surface area contributed by atoms with Crippen LogP contribution in [0.5, 0.6) is 11.5 Å². The molecule has 114 valence electrons. The molecule has 0 aromatic heterocycles. The van der Waals surface area contributed by atoms with Crippen LogP contribution in [0.15, 0.2) is 78.9 Å². The Morgan fingerprint density at radius 1 is 0.783 bits per heavy atom. The van der Waals surface area contributed by atoms with Crippen LogP contribution >= 0.6 is 0 Å². The van der Waals surface area contributed by atoms with E-state index in [1.807, 2.05) is 54.6 Å². The second-order valence-electron chi connectivity index (χ2n) is 4.89. The zero-order valence-electron chi connectivity index (χ0n) is 12.3. The predicted molar refractivity (Wildman–Crippen MR) is 89.6 cm³/mol. The van der Waals surface area contributed by atoms with Crippen molar-refractivity contribution in [3.05, 3.63) is 84.4 Å². The van der Waals surface area contributed by atoms with Crippen molar-refractivity contribution in [1.29, 1.82) is 0 Å². The highest BCUT2D eigenvalue weighted by Gasteiger charge is 2.11. The van der Waals surface area contributed by atoms with Crippen molar-refractivity contribution in [2.75, 3.05) is 5.32 Å². The summed E-state index contributed by atoms with van der Waals surface area (Å²) in [6, 6.07) is 23.6. The van der Waals surface area contributed by atoms with Gasteiger partial charge in [0.05, 0.1) is 16.9 Å². The van der Waals surface area contributed by atoms with Crippen LogP contribution in [0.4, 0.5) is 11.4 Å². The predicted octanol–water partition coefficient (Wildman–Crippen LogP) is 4.92. The van der Waals surface area contributed by atoms with Gasteiger partial charge in [0.2, 0.25) is 0 Å². The van der Waals surface area contributed by atoms with Crippen LogP contribution in [0.3, 0.4) is 0 Å². The van der Waals surface area contributed by atoms with E-state index in [9.17, 15) is 9.90 Å². The number of carboxylic acid groups (broad SMARTS) is 1. The summed E-state index contributed by atoms with van der Waals surface area (Å²) in [6.45, 7) is 0. The van der Waals surface area contributed by atoms with Gasteiger partial charge in [0, 0.05) is 0 Å². The van der Waals surface area contributed by atoms with Crippen LogP contribution in [0.2, 0.25) is 0 Å². The maximum absolute atomic E-state index is 11.3. The van der Waals surface area contributed by atoms with Crippen LogP contribution < -0.4 is 10.1 Å². The first-order valence-electron chi connectivity index (χ1n) is 7.15. The molecule has 0 aliphatic carbocycles. The lowest BCUT2D eigenvalue weighted by Gasteiger charge is -2.14. The summed E-state index contributed by atoms with van der Waals surface area (Å²) >= 11 is 0. The van der Waals surface area contributed by atoms with Crippen LogP contribution in [0, 0.1) is 0 Å². The number of nitrogens with one attached hydrogen (secondary N) is 1. The zero-order chi connectivity index (χ0) is 16.1. The SMILES string of the molecule is O=C(O)c1ccccc1Nc1ccccc1Oc1ccccc1. The maximum atomic E-state index is 11.3. The highest BCUT2D eigenvalue weighted by molar-refractivity contribution is 5.95. The normalized spacial score (nSPS) is 10.1. The highest BCUT2D eigenvalue weighted by atomic mass is 16.5. The van der Waals surface area contributed by atoms with Gasteiger partial charge in [0.25, 0.3) is 0 Å². The molecular weight excluding hydrogens is 290 g/mol. The summed E-state index contributed by atoms with van der Waals surface area (Å²) in [6.07, 6.45) is 0. The Hall–Kier alpha value is -3.27. The van der Waals surface area contributed by atoms with Gasteiger partial charge < -0.3 is 15.2 Å². The molecule has 0 heterocycles. The average Bonchev–Trinajstić information content (AvgIpc) is 2.58. The quantitative estimate of drug-likeness (QED) is 0.702. The van der Waals surface area contributed by atoms with Crippen LogP contribution in [-0.4, -0.2) is 11.1 Å². The molecule has 3 aromatic carbocycles. The fraction of sp³-hybridized carbons (Fsp3) is 0. The van der Waals surface area contributed by atoms with E-state index in [2.05, 4.69) is 5.32 Å². The molecule has 0 spiro atoms. The maximum Gasteiger partial charge on any atom is 0.337 e. The molecule has 23 heavy (non-hydrogen) atoms. The number of aromatic carboxylic acids is 1. The molecule has 0 aliphatic rings. The second-order valence-corrected chi connectivity index (χ2v) is 4.89. The molecule has 4 nitrogen and oxygen atoms in total. The summed E-state index contributed by atoms with van der Waals surface area (Å²) in [7, 11) is 0. The first-order valence-corrected chi connectivity index (χ1v) is 7.15. The topological polar surface area (TPSA) is 58.6 Å². The Kier molecular flexibility index (Phi) is 4.25. The van der Waals surface area contributed by atoms with E-state index in [0.717, 1.165) is 0 Å². The Morgan fingerprint density at radius 3 is 2.13 bits per heavy atom. The van der Waals surface area contributed by atoms with Gasteiger partial charge in [0.15, 0.2) is 5.75 Å². The van der Waals surface area contributed by atoms with Crippen molar-refractivity contribution in [2.45, 2.75) is 0 Å². The molecular formula is C19H15NO3. The van der Waals surface area contributed by atoms with E-state index < -0.39 is 5.97 Å². The third-order valence-corrected chi connectivity index (χ3v) is 3.28. The molecule has 3 aromatic rings. The monoisotopic (exact) mass is 305 g/mol. The molecule has 0 atom stereocenters. The third kappa shape index (κ3) is 3.49. The van der Waals surface area contributed by atoms with E-state index in [0.29, 0.717) is 22.9 Å². The number of ether oxygens (including phenoxy) is 1. The van der Waals surface area contributed by atoms with Crippen molar-refractivity contribution in [2.24, 2.45) is 0 Å². The van der Waals surface area contributed by atoms with E-state index in [1.54, 1.807) is 24.3 Å². The minimum absolute atomic E-state index is 0.210. The smallest absolute Gasteiger partial charge is 0.337 e. The summed E-state index contributed by atoms with van der Waals surface area (Å²) in [5.41, 5.74) is 1.43. The molecule has 0 fully saturated rings. The second kappa shape index (κ2) is 6.66. The molecule has 2 N–H and O–H groups in total. The number of benzene rings is 3. The van der Waals surface area contributed by atoms with Crippen LogP contribution in [-0.2, 0) is 0 Å². The van der Waals surface area contributed by atoms with E-state index in [4.69, 9.17) is 4.74 Å². The molecule has 4 heteroatoms. The zero-order valence-corrected chi connectivity index (χ0v) is 12.3.